The van der Waals surface area contributed by atoms with Crippen molar-refractivity contribution in [2.45, 2.75) is 54.7 Å². The molecule has 0 amide bonds. The lowest BCUT2D eigenvalue weighted by Gasteiger charge is -2.08. The van der Waals surface area contributed by atoms with Crippen LogP contribution in [0.4, 0.5) is 0 Å². The Morgan fingerprint density at radius 3 is 1.16 bits per heavy atom. The maximum Gasteiger partial charge on any atom is 0.343 e. The van der Waals surface area contributed by atoms with Gasteiger partial charge in [0.2, 0.25) is 0 Å². The number of esters is 4. The van der Waals surface area contributed by atoms with Crippen LogP contribution in [0.5, 0.6) is 23.0 Å². The Labute approximate surface area is 342 Å². The summed E-state index contributed by atoms with van der Waals surface area (Å²) in [4.78, 5) is 49.6. The number of benzene rings is 4. The van der Waals surface area contributed by atoms with E-state index in [2.05, 4.69) is 13.2 Å². The van der Waals surface area contributed by atoms with Crippen molar-refractivity contribution in [3.63, 3.8) is 0 Å². The molecule has 0 heterocycles. The van der Waals surface area contributed by atoms with Crippen LogP contribution in [-0.2, 0) is 19.1 Å². The number of rotatable bonds is 26. The lowest BCUT2D eigenvalue weighted by atomic mass is 10.2. The zero-order valence-electron chi connectivity index (χ0n) is 31.9. The largest absolute Gasteiger partial charge is 0.494 e. The topological polar surface area (TPSA) is 124 Å². The molecular formula is C45H48O10S2. The highest BCUT2D eigenvalue weighted by molar-refractivity contribution is 7.99. The Morgan fingerprint density at radius 2 is 0.789 bits per heavy atom. The average Bonchev–Trinajstić information content (AvgIpc) is 3.24. The summed E-state index contributed by atoms with van der Waals surface area (Å²) >= 11 is 3.55. The molecule has 0 aliphatic rings. The summed E-state index contributed by atoms with van der Waals surface area (Å²) in [6.45, 7) is 8.30. The molecular weight excluding hydrogens is 765 g/mol. The van der Waals surface area contributed by atoms with Crippen LogP contribution in [0.3, 0.4) is 0 Å². The second kappa shape index (κ2) is 25.6. The van der Waals surface area contributed by atoms with Gasteiger partial charge in [0, 0.05) is 21.9 Å². The molecule has 0 atom stereocenters. The van der Waals surface area contributed by atoms with Gasteiger partial charge < -0.3 is 28.4 Å². The molecule has 0 aliphatic carbocycles. The van der Waals surface area contributed by atoms with Crippen molar-refractivity contribution in [3.8, 4) is 23.0 Å². The van der Waals surface area contributed by atoms with Gasteiger partial charge in [-0.3, -0.25) is 0 Å². The van der Waals surface area contributed by atoms with Crippen molar-refractivity contribution >= 4 is 47.4 Å². The van der Waals surface area contributed by atoms with Crippen molar-refractivity contribution in [1.29, 1.82) is 0 Å². The van der Waals surface area contributed by atoms with Crippen LogP contribution in [0, 0.1) is 0 Å². The first-order chi connectivity index (χ1) is 27.8. The molecule has 10 nitrogen and oxygen atoms in total. The van der Waals surface area contributed by atoms with E-state index in [4.69, 9.17) is 28.4 Å². The molecule has 0 fully saturated rings. The molecule has 0 radical (unpaired) electrons. The molecule has 300 valence electrons. The highest BCUT2D eigenvalue weighted by Crippen LogP contribution is 2.26. The van der Waals surface area contributed by atoms with E-state index in [1.54, 1.807) is 96.3 Å². The molecule has 0 N–H and O–H groups in total. The number of carbonyl (C=O) groups is 4. The third kappa shape index (κ3) is 17.5. The summed E-state index contributed by atoms with van der Waals surface area (Å²) in [5, 5.41) is 0. The second-order valence-electron chi connectivity index (χ2n) is 12.4. The van der Waals surface area contributed by atoms with E-state index >= 15 is 0 Å². The van der Waals surface area contributed by atoms with E-state index in [1.165, 1.54) is 0 Å². The molecule has 0 saturated carbocycles. The van der Waals surface area contributed by atoms with Gasteiger partial charge in [-0.05, 0) is 147 Å². The van der Waals surface area contributed by atoms with Gasteiger partial charge in [0.15, 0.2) is 0 Å². The minimum atomic E-state index is -0.440. The molecule has 4 aromatic carbocycles. The highest BCUT2D eigenvalue weighted by atomic mass is 32.2. The second-order valence-corrected chi connectivity index (χ2v) is 14.7. The van der Waals surface area contributed by atoms with E-state index in [-0.39, 0.29) is 0 Å². The quantitative estimate of drug-likeness (QED) is 0.0197. The number of thioether (sulfide) groups is 2. The Balaban J connectivity index is 1.03. The number of hydrogen-bond acceptors (Lipinski definition) is 12. The van der Waals surface area contributed by atoms with E-state index in [0.29, 0.717) is 73.4 Å². The first-order valence-electron chi connectivity index (χ1n) is 18.8. The van der Waals surface area contributed by atoms with Crippen LogP contribution in [0.15, 0.2) is 132 Å². The van der Waals surface area contributed by atoms with Crippen LogP contribution in [0.1, 0.15) is 65.7 Å². The summed E-state index contributed by atoms with van der Waals surface area (Å²) in [7, 11) is 0. The maximum atomic E-state index is 12.6. The first kappa shape index (κ1) is 44.3. The number of hydrogen-bond donors (Lipinski definition) is 0. The van der Waals surface area contributed by atoms with Crippen molar-refractivity contribution < 1.29 is 47.6 Å². The molecule has 0 bridgehead atoms. The van der Waals surface area contributed by atoms with Crippen LogP contribution in [-0.4, -0.2) is 61.8 Å². The van der Waals surface area contributed by atoms with Gasteiger partial charge in [0.1, 0.15) is 23.0 Å². The summed E-state index contributed by atoms with van der Waals surface area (Å²) in [6.07, 6.45) is 8.38. The molecule has 0 unspecified atom stereocenters. The van der Waals surface area contributed by atoms with Crippen LogP contribution < -0.4 is 18.9 Å². The minimum absolute atomic E-state index is 0.321. The maximum absolute atomic E-state index is 12.6. The lowest BCUT2D eigenvalue weighted by molar-refractivity contribution is -0.138. The summed E-state index contributed by atoms with van der Waals surface area (Å²) in [5.41, 5.74) is 0.853. The number of unbranched alkanes of at least 4 members (excludes halogenated alkanes) is 4. The Bertz CT molecular complexity index is 1720. The van der Waals surface area contributed by atoms with Crippen LogP contribution in [0.25, 0.3) is 0 Å². The average molecular weight is 813 g/mol. The summed E-state index contributed by atoms with van der Waals surface area (Å²) in [5.74, 6) is 2.50. The number of ether oxygens (including phenoxy) is 6. The standard InChI is InChI=1S/C45H48O10S2/c1-3-42(46)52-30-8-6-28-50-36-16-12-34(13-17-36)44(48)54-38-20-24-40(25-21-38)56-32-10-5-11-33-57-41-26-22-39(23-27-41)55-45(49)35-14-18-37(19-15-35)51-29-7-9-31-53-43(47)4-2/h3-4,12-27H,1-2,5-11,28-33H2. The van der Waals surface area contributed by atoms with Gasteiger partial charge in [-0.2, -0.15) is 0 Å². The van der Waals surface area contributed by atoms with E-state index < -0.39 is 23.9 Å². The minimum Gasteiger partial charge on any atom is -0.494 e. The molecule has 0 aliphatic heterocycles. The molecule has 12 heteroatoms. The Morgan fingerprint density at radius 1 is 0.439 bits per heavy atom. The van der Waals surface area contributed by atoms with E-state index in [0.717, 1.165) is 65.6 Å². The molecule has 0 saturated heterocycles. The highest BCUT2D eigenvalue weighted by Gasteiger charge is 2.11. The molecule has 0 spiro atoms. The van der Waals surface area contributed by atoms with E-state index in [9.17, 15) is 19.2 Å². The third-order valence-electron chi connectivity index (χ3n) is 8.01. The third-order valence-corrected chi connectivity index (χ3v) is 10.2. The summed E-state index contributed by atoms with van der Waals surface area (Å²) < 4.78 is 32.3. The lowest BCUT2D eigenvalue weighted by Crippen LogP contribution is -2.08. The molecule has 4 rings (SSSR count). The fraction of sp³-hybridized carbons (Fsp3) is 0.289. The smallest absolute Gasteiger partial charge is 0.343 e. The fourth-order valence-electron chi connectivity index (χ4n) is 4.93. The van der Waals surface area contributed by atoms with Crippen LogP contribution >= 0.6 is 23.5 Å². The molecule has 0 aromatic heterocycles. The SMILES string of the molecule is C=CC(=O)OCCCCOc1ccc(C(=O)Oc2ccc(SCCCCCSc3ccc(OC(=O)c4ccc(OCCCCOC(=O)C=C)cc4)cc3)cc2)cc1. The zero-order chi connectivity index (χ0) is 40.5. The van der Waals surface area contributed by atoms with Crippen molar-refractivity contribution in [2.75, 3.05) is 37.9 Å². The predicted octanol–water partition coefficient (Wildman–Crippen LogP) is 9.96. The fourth-order valence-corrected chi connectivity index (χ4v) is 6.75. The monoisotopic (exact) mass is 812 g/mol. The summed E-state index contributed by atoms with van der Waals surface area (Å²) in [6, 6.07) is 28.7. The van der Waals surface area contributed by atoms with Gasteiger partial charge in [-0.15, -0.1) is 23.5 Å². The van der Waals surface area contributed by atoms with Gasteiger partial charge in [-0.25, -0.2) is 19.2 Å². The Hall–Kier alpha value is -5.46. The van der Waals surface area contributed by atoms with Gasteiger partial charge in [0.25, 0.3) is 0 Å². The van der Waals surface area contributed by atoms with Crippen LogP contribution in [0.2, 0.25) is 0 Å². The normalized spacial score (nSPS) is 10.5. The van der Waals surface area contributed by atoms with Gasteiger partial charge >= 0.3 is 23.9 Å². The first-order valence-corrected chi connectivity index (χ1v) is 20.7. The Kier molecular flexibility index (Phi) is 19.9. The van der Waals surface area contributed by atoms with Gasteiger partial charge in [-0.1, -0.05) is 19.6 Å². The van der Waals surface area contributed by atoms with Gasteiger partial charge in [0.05, 0.1) is 37.6 Å². The predicted molar refractivity (Wildman–Crippen MR) is 223 cm³/mol. The van der Waals surface area contributed by atoms with E-state index in [1.807, 2.05) is 24.3 Å². The number of carbonyl (C=O) groups excluding carboxylic acids is 4. The molecule has 57 heavy (non-hydrogen) atoms. The zero-order valence-corrected chi connectivity index (χ0v) is 33.5. The van der Waals surface area contributed by atoms with Crippen molar-refractivity contribution in [3.05, 3.63) is 133 Å². The molecule has 4 aromatic rings. The van der Waals surface area contributed by atoms with Crippen molar-refractivity contribution in [1.82, 2.24) is 0 Å². The van der Waals surface area contributed by atoms with Crippen molar-refractivity contribution in [2.24, 2.45) is 0 Å².